The summed E-state index contributed by atoms with van der Waals surface area (Å²) in [5.41, 5.74) is 0. The normalized spacial score (nSPS) is 15.5. The van der Waals surface area contributed by atoms with E-state index in [4.69, 9.17) is 11.6 Å². The van der Waals surface area contributed by atoms with E-state index < -0.39 is 0 Å². The largest absolute Gasteiger partial charge is 0.352 e. The van der Waals surface area contributed by atoms with Crippen LogP contribution in [0, 0.1) is 5.92 Å². The molecule has 1 aliphatic rings. The summed E-state index contributed by atoms with van der Waals surface area (Å²) in [7, 11) is 0. The van der Waals surface area contributed by atoms with Gasteiger partial charge in [-0.05, 0) is 37.3 Å². The molecule has 4 heteroatoms. The van der Waals surface area contributed by atoms with Gasteiger partial charge in [-0.3, -0.25) is 0 Å². The maximum atomic E-state index is 5.75. The van der Waals surface area contributed by atoms with Crippen LogP contribution in [0.15, 0.2) is 12.1 Å². The Kier molecular flexibility index (Phi) is 3.64. The quantitative estimate of drug-likeness (QED) is 0.791. The third-order valence-electron chi connectivity index (χ3n) is 2.85. The van der Waals surface area contributed by atoms with Gasteiger partial charge < -0.3 is 4.90 Å². The Labute approximate surface area is 102 Å². The molecule has 0 amide bonds. The average molecular weight is 240 g/mol. The van der Waals surface area contributed by atoms with Crippen LogP contribution in [0.4, 0.5) is 5.82 Å². The molecule has 0 bridgehead atoms. The standard InChI is InChI=1S/C12H18ClN3/c1-9(2)7-8-16(10-3-4-10)12-6-5-11(13)14-15-12/h5-6,9-10H,3-4,7-8H2,1-2H3. The van der Waals surface area contributed by atoms with Crippen LogP contribution in [0.25, 0.3) is 0 Å². The minimum Gasteiger partial charge on any atom is -0.352 e. The molecule has 0 radical (unpaired) electrons. The van der Waals surface area contributed by atoms with E-state index >= 15 is 0 Å². The van der Waals surface area contributed by atoms with Crippen molar-refractivity contribution < 1.29 is 0 Å². The van der Waals surface area contributed by atoms with Crippen LogP contribution in [-0.4, -0.2) is 22.8 Å². The molecule has 1 heterocycles. The number of rotatable bonds is 5. The van der Waals surface area contributed by atoms with Crippen molar-refractivity contribution in [3.05, 3.63) is 17.3 Å². The first-order chi connectivity index (χ1) is 7.66. The number of anilines is 1. The van der Waals surface area contributed by atoms with Crippen LogP contribution in [0.3, 0.4) is 0 Å². The van der Waals surface area contributed by atoms with Crippen LogP contribution in [-0.2, 0) is 0 Å². The van der Waals surface area contributed by atoms with Crippen LogP contribution < -0.4 is 4.90 Å². The third kappa shape index (κ3) is 3.08. The summed E-state index contributed by atoms with van der Waals surface area (Å²) in [5.74, 6) is 1.69. The summed E-state index contributed by atoms with van der Waals surface area (Å²) >= 11 is 5.75. The Balaban J connectivity index is 2.03. The summed E-state index contributed by atoms with van der Waals surface area (Å²) < 4.78 is 0. The molecule has 0 N–H and O–H groups in total. The predicted molar refractivity (Wildman–Crippen MR) is 66.9 cm³/mol. The summed E-state index contributed by atoms with van der Waals surface area (Å²) in [6.45, 7) is 5.57. The average Bonchev–Trinajstić information content (AvgIpc) is 3.04. The molecular weight excluding hydrogens is 222 g/mol. The number of nitrogens with zero attached hydrogens (tertiary/aromatic N) is 3. The van der Waals surface area contributed by atoms with Gasteiger partial charge in [-0.15, -0.1) is 10.2 Å². The fraction of sp³-hybridized carbons (Fsp3) is 0.667. The van der Waals surface area contributed by atoms with E-state index in [9.17, 15) is 0 Å². The SMILES string of the molecule is CC(C)CCN(c1ccc(Cl)nn1)C1CC1. The lowest BCUT2D eigenvalue weighted by Crippen LogP contribution is -2.28. The van der Waals surface area contributed by atoms with Gasteiger partial charge in [-0.1, -0.05) is 25.4 Å². The Morgan fingerprint density at radius 1 is 1.38 bits per heavy atom. The predicted octanol–water partition coefficient (Wildman–Crippen LogP) is 3.14. The summed E-state index contributed by atoms with van der Waals surface area (Å²) in [6.07, 6.45) is 3.76. The van der Waals surface area contributed by atoms with Crippen molar-refractivity contribution in [3.8, 4) is 0 Å². The summed E-state index contributed by atoms with van der Waals surface area (Å²) in [4.78, 5) is 2.36. The van der Waals surface area contributed by atoms with Gasteiger partial charge in [-0.2, -0.15) is 0 Å². The maximum absolute atomic E-state index is 5.75. The molecule has 0 aromatic carbocycles. The number of aromatic nitrogens is 2. The fourth-order valence-corrected chi connectivity index (χ4v) is 1.83. The molecule has 0 saturated heterocycles. The highest BCUT2D eigenvalue weighted by Crippen LogP contribution is 2.31. The highest BCUT2D eigenvalue weighted by Gasteiger charge is 2.29. The molecule has 0 unspecified atom stereocenters. The van der Waals surface area contributed by atoms with Gasteiger partial charge in [0.05, 0.1) is 0 Å². The lowest BCUT2D eigenvalue weighted by atomic mass is 10.1. The topological polar surface area (TPSA) is 29.0 Å². The van der Waals surface area contributed by atoms with Gasteiger partial charge in [0.1, 0.15) is 0 Å². The van der Waals surface area contributed by atoms with Crippen LogP contribution in [0.5, 0.6) is 0 Å². The van der Waals surface area contributed by atoms with Crippen molar-refractivity contribution in [2.24, 2.45) is 5.92 Å². The van der Waals surface area contributed by atoms with Gasteiger partial charge in [0.2, 0.25) is 0 Å². The van der Waals surface area contributed by atoms with Crippen molar-refractivity contribution in [1.29, 1.82) is 0 Å². The molecule has 1 aliphatic carbocycles. The molecule has 1 aromatic heterocycles. The summed E-state index contributed by atoms with van der Waals surface area (Å²) in [5, 5.41) is 8.53. The maximum Gasteiger partial charge on any atom is 0.151 e. The molecule has 0 atom stereocenters. The molecule has 2 rings (SSSR count). The Morgan fingerprint density at radius 2 is 2.12 bits per heavy atom. The van der Waals surface area contributed by atoms with Gasteiger partial charge in [0.15, 0.2) is 11.0 Å². The zero-order valence-corrected chi connectivity index (χ0v) is 10.6. The van der Waals surface area contributed by atoms with E-state index in [-0.39, 0.29) is 0 Å². The molecule has 0 spiro atoms. The first-order valence-electron chi connectivity index (χ1n) is 5.92. The highest BCUT2D eigenvalue weighted by molar-refractivity contribution is 6.29. The molecule has 0 aliphatic heterocycles. The van der Waals surface area contributed by atoms with Crippen LogP contribution in [0.2, 0.25) is 5.15 Å². The second-order valence-electron chi connectivity index (χ2n) is 4.82. The number of halogens is 1. The van der Waals surface area contributed by atoms with E-state index in [1.807, 2.05) is 12.1 Å². The number of hydrogen-bond donors (Lipinski definition) is 0. The smallest absolute Gasteiger partial charge is 0.151 e. The van der Waals surface area contributed by atoms with E-state index in [1.165, 1.54) is 19.3 Å². The highest BCUT2D eigenvalue weighted by atomic mass is 35.5. The fourth-order valence-electron chi connectivity index (χ4n) is 1.73. The third-order valence-corrected chi connectivity index (χ3v) is 3.05. The first-order valence-corrected chi connectivity index (χ1v) is 6.30. The van der Waals surface area contributed by atoms with Crippen molar-refractivity contribution in [3.63, 3.8) is 0 Å². The van der Waals surface area contributed by atoms with Crippen molar-refractivity contribution in [2.45, 2.75) is 39.2 Å². The molecule has 16 heavy (non-hydrogen) atoms. The zero-order chi connectivity index (χ0) is 11.5. The lowest BCUT2D eigenvalue weighted by molar-refractivity contribution is 0.567. The van der Waals surface area contributed by atoms with E-state index in [0.717, 1.165) is 18.3 Å². The lowest BCUT2D eigenvalue weighted by Gasteiger charge is -2.23. The monoisotopic (exact) mass is 239 g/mol. The molecule has 1 aromatic rings. The van der Waals surface area contributed by atoms with E-state index in [2.05, 4.69) is 28.9 Å². The van der Waals surface area contributed by atoms with Crippen molar-refractivity contribution >= 4 is 17.4 Å². The zero-order valence-electron chi connectivity index (χ0n) is 9.86. The van der Waals surface area contributed by atoms with Gasteiger partial charge in [-0.25, -0.2) is 0 Å². The second-order valence-corrected chi connectivity index (χ2v) is 5.21. The first kappa shape index (κ1) is 11.6. The Bertz CT molecular complexity index is 333. The Hall–Kier alpha value is -0.830. The Morgan fingerprint density at radius 3 is 2.62 bits per heavy atom. The van der Waals surface area contributed by atoms with Crippen LogP contribution in [0.1, 0.15) is 33.1 Å². The second kappa shape index (κ2) is 5.00. The minimum atomic E-state index is 0.461. The van der Waals surface area contributed by atoms with Gasteiger partial charge in [0, 0.05) is 12.6 Å². The minimum absolute atomic E-state index is 0.461. The van der Waals surface area contributed by atoms with Crippen molar-refractivity contribution in [2.75, 3.05) is 11.4 Å². The number of hydrogen-bond acceptors (Lipinski definition) is 3. The van der Waals surface area contributed by atoms with Crippen molar-refractivity contribution in [1.82, 2.24) is 10.2 Å². The molecule has 3 nitrogen and oxygen atoms in total. The van der Waals surface area contributed by atoms with Gasteiger partial charge in [0.25, 0.3) is 0 Å². The summed E-state index contributed by atoms with van der Waals surface area (Å²) in [6, 6.07) is 4.46. The van der Waals surface area contributed by atoms with E-state index in [1.54, 1.807) is 0 Å². The molecule has 1 fully saturated rings. The molecule has 88 valence electrons. The van der Waals surface area contributed by atoms with E-state index in [0.29, 0.717) is 11.2 Å². The molecule has 1 saturated carbocycles. The molecular formula is C12H18ClN3. The van der Waals surface area contributed by atoms with Crippen LogP contribution >= 0.6 is 11.6 Å². The van der Waals surface area contributed by atoms with Gasteiger partial charge >= 0.3 is 0 Å².